The number of methoxy groups -OCH3 is 1. The molecule has 0 bridgehead atoms. The first-order chi connectivity index (χ1) is 12.2. The summed E-state index contributed by atoms with van der Waals surface area (Å²) in [6.45, 7) is 0. The van der Waals surface area contributed by atoms with E-state index in [9.17, 15) is 4.79 Å². The van der Waals surface area contributed by atoms with E-state index in [-0.39, 0.29) is 12.3 Å². The van der Waals surface area contributed by atoms with Crippen LogP contribution in [-0.2, 0) is 17.6 Å². The predicted molar refractivity (Wildman–Crippen MR) is 93.5 cm³/mol. The van der Waals surface area contributed by atoms with Gasteiger partial charge in [-0.25, -0.2) is 0 Å². The van der Waals surface area contributed by atoms with Crippen LogP contribution in [0.15, 0.2) is 59.1 Å². The normalized spacial score (nSPS) is 10.4. The fraction of sp³-hybridized carbons (Fsp3) is 0.211. The molecule has 0 spiro atoms. The minimum Gasteiger partial charge on any atom is -0.495 e. The van der Waals surface area contributed by atoms with E-state index in [1.165, 1.54) is 0 Å². The van der Waals surface area contributed by atoms with Crippen molar-refractivity contribution < 1.29 is 14.1 Å². The van der Waals surface area contributed by atoms with E-state index in [0.29, 0.717) is 36.0 Å². The minimum atomic E-state index is -0.132. The Balaban J connectivity index is 1.52. The molecule has 2 aromatic carbocycles. The van der Waals surface area contributed by atoms with Gasteiger partial charge in [-0.2, -0.15) is 4.98 Å². The lowest BCUT2D eigenvalue weighted by Gasteiger charge is -2.08. The molecule has 1 N–H and O–H groups in total. The smallest absolute Gasteiger partial charge is 0.227 e. The van der Waals surface area contributed by atoms with Crippen LogP contribution in [0.25, 0.3) is 0 Å². The second-order valence-corrected chi connectivity index (χ2v) is 5.52. The molecule has 0 aliphatic carbocycles. The fourth-order valence-electron chi connectivity index (χ4n) is 2.42. The highest BCUT2D eigenvalue weighted by atomic mass is 16.5. The third-order valence-electron chi connectivity index (χ3n) is 3.66. The van der Waals surface area contributed by atoms with Crippen LogP contribution in [0.5, 0.6) is 5.75 Å². The lowest BCUT2D eigenvalue weighted by molar-refractivity contribution is -0.116. The van der Waals surface area contributed by atoms with Gasteiger partial charge in [-0.05, 0) is 17.7 Å². The van der Waals surface area contributed by atoms with Crippen LogP contribution < -0.4 is 10.1 Å². The van der Waals surface area contributed by atoms with Crippen LogP contribution in [0, 0.1) is 0 Å². The summed E-state index contributed by atoms with van der Waals surface area (Å²) in [7, 11) is 1.57. The van der Waals surface area contributed by atoms with Crippen LogP contribution >= 0.6 is 0 Å². The van der Waals surface area contributed by atoms with E-state index < -0.39 is 0 Å². The molecular formula is C19H19N3O3. The number of carbonyl (C=O) groups excluding carboxylic acids is 1. The number of nitrogens with one attached hydrogen (secondary N) is 1. The monoisotopic (exact) mass is 337 g/mol. The number of aromatic nitrogens is 2. The molecule has 25 heavy (non-hydrogen) atoms. The Bertz CT molecular complexity index is 831. The molecule has 6 heteroatoms. The lowest BCUT2D eigenvalue weighted by atomic mass is 10.1. The molecule has 0 radical (unpaired) electrons. The Kier molecular flexibility index (Phi) is 5.41. The standard InChI is InChI=1S/C19H19N3O3/c1-24-16-10-6-5-9-15(16)20-18(23)11-12-19-21-17(22-25-19)13-14-7-3-2-4-8-14/h2-10H,11-13H2,1H3,(H,20,23). The zero-order chi connectivity index (χ0) is 17.5. The van der Waals surface area contributed by atoms with Crippen molar-refractivity contribution in [3.8, 4) is 5.75 Å². The van der Waals surface area contributed by atoms with Crippen molar-refractivity contribution in [1.29, 1.82) is 0 Å². The molecule has 0 saturated carbocycles. The van der Waals surface area contributed by atoms with E-state index in [1.807, 2.05) is 42.5 Å². The Hall–Kier alpha value is -3.15. The Morgan fingerprint density at radius 1 is 1.12 bits per heavy atom. The summed E-state index contributed by atoms with van der Waals surface area (Å²) in [4.78, 5) is 16.4. The first kappa shape index (κ1) is 16.7. The molecule has 1 aromatic heterocycles. The highest BCUT2D eigenvalue weighted by molar-refractivity contribution is 5.92. The van der Waals surface area contributed by atoms with Crippen molar-refractivity contribution in [2.45, 2.75) is 19.3 Å². The third kappa shape index (κ3) is 4.67. The maximum absolute atomic E-state index is 12.1. The molecule has 0 aliphatic rings. The van der Waals surface area contributed by atoms with Gasteiger partial charge in [0.1, 0.15) is 5.75 Å². The summed E-state index contributed by atoms with van der Waals surface area (Å²) in [5.41, 5.74) is 1.76. The largest absolute Gasteiger partial charge is 0.495 e. The molecule has 0 atom stereocenters. The second kappa shape index (κ2) is 8.10. The molecule has 128 valence electrons. The van der Waals surface area contributed by atoms with Gasteiger partial charge in [-0.15, -0.1) is 0 Å². The zero-order valence-electron chi connectivity index (χ0n) is 13.9. The molecular weight excluding hydrogens is 318 g/mol. The third-order valence-corrected chi connectivity index (χ3v) is 3.66. The number of aryl methyl sites for hydroxylation is 1. The van der Waals surface area contributed by atoms with Gasteiger partial charge in [-0.3, -0.25) is 4.79 Å². The quantitative estimate of drug-likeness (QED) is 0.716. The van der Waals surface area contributed by atoms with Crippen LogP contribution in [0.2, 0.25) is 0 Å². The number of ether oxygens (including phenoxy) is 1. The number of amides is 1. The van der Waals surface area contributed by atoms with Crippen molar-refractivity contribution >= 4 is 11.6 Å². The highest BCUT2D eigenvalue weighted by Gasteiger charge is 2.11. The van der Waals surface area contributed by atoms with Gasteiger partial charge in [0.05, 0.1) is 12.8 Å². The summed E-state index contributed by atoms with van der Waals surface area (Å²) in [6.07, 6.45) is 1.26. The number of hydrogen-bond donors (Lipinski definition) is 1. The number of carbonyl (C=O) groups is 1. The molecule has 1 amide bonds. The molecule has 0 saturated heterocycles. The number of hydrogen-bond acceptors (Lipinski definition) is 5. The Morgan fingerprint density at radius 3 is 2.68 bits per heavy atom. The number of anilines is 1. The molecule has 3 rings (SSSR count). The number of para-hydroxylation sites is 2. The van der Waals surface area contributed by atoms with E-state index in [4.69, 9.17) is 9.26 Å². The van der Waals surface area contributed by atoms with Gasteiger partial charge < -0.3 is 14.6 Å². The highest BCUT2D eigenvalue weighted by Crippen LogP contribution is 2.23. The number of nitrogens with zero attached hydrogens (tertiary/aromatic N) is 2. The topological polar surface area (TPSA) is 77.2 Å². The molecule has 0 aliphatic heterocycles. The predicted octanol–water partition coefficient (Wildman–Crippen LogP) is 3.24. The maximum Gasteiger partial charge on any atom is 0.227 e. The second-order valence-electron chi connectivity index (χ2n) is 5.52. The van der Waals surface area contributed by atoms with Crippen molar-refractivity contribution in [2.24, 2.45) is 0 Å². The summed E-state index contributed by atoms with van der Waals surface area (Å²) in [5.74, 6) is 1.57. The van der Waals surface area contributed by atoms with Crippen molar-refractivity contribution in [1.82, 2.24) is 10.1 Å². The van der Waals surface area contributed by atoms with Gasteiger partial charge in [0.25, 0.3) is 0 Å². The van der Waals surface area contributed by atoms with Gasteiger partial charge in [0.2, 0.25) is 11.8 Å². The van der Waals surface area contributed by atoms with Crippen LogP contribution in [0.1, 0.15) is 23.7 Å². The van der Waals surface area contributed by atoms with Gasteiger partial charge >= 0.3 is 0 Å². The van der Waals surface area contributed by atoms with Gasteiger partial charge in [0, 0.05) is 19.3 Å². The summed E-state index contributed by atoms with van der Waals surface area (Å²) >= 11 is 0. The average Bonchev–Trinajstić information content (AvgIpc) is 3.09. The molecule has 3 aromatic rings. The molecule has 0 fully saturated rings. The SMILES string of the molecule is COc1ccccc1NC(=O)CCc1nc(Cc2ccccc2)no1. The maximum atomic E-state index is 12.1. The van der Waals surface area contributed by atoms with Crippen LogP contribution in [0.4, 0.5) is 5.69 Å². The van der Waals surface area contributed by atoms with Gasteiger partial charge in [0.15, 0.2) is 5.82 Å². The molecule has 1 heterocycles. The summed E-state index contributed by atoms with van der Waals surface area (Å²) < 4.78 is 10.4. The first-order valence-corrected chi connectivity index (χ1v) is 8.03. The molecule has 0 unspecified atom stereocenters. The zero-order valence-corrected chi connectivity index (χ0v) is 13.9. The van der Waals surface area contributed by atoms with Crippen LogP contribution in [0.3, 0.4) is 0 Å². The summed E-state index contributed by atoms with van der Waals surface area (Å²) in [5, 5.41) is 6.79. The minimum absolute atomic E-state index is 0.132. The van der Waals surface area contributed by atoms with Crippen LogP contribution in [-0.4, -0.2) is 23.2 Å². The average molecular weight is 337 g/mol. The van der Waals surface area contributed by atoms with Crippen molar-refractivity contribution in [2.75, 3.05) is 12.4 Å². The Labute approximate surface area is 145 Å². The van der Waals surface area contributed by atoms with E-state index in [2.05, 4.69) is 15.5 Å². The lowest BCUT2D eigenvalue weighted by Crippen LogP contribution is -2.13. The number of benzene rings is 2. The molecule has 6 nitrogen and oxygen atoms in total. The van der Waals surface area contributed by atoms with E-state index >= 15 is 0 Å². The van der Waals surface area contributed by atoms with Crippen molar-refractivity contribution in [3.63, 3.8) is 0 Å². The summed E-state index contributed by atoms with van der Waals surface area (Å²) in [6, 6.07) is 17.2. The van der Waals surface area contributed by atoms with Gasteiger partial charge in [-0.1, -0.05) is 47.6 Å². The number of rotatable bonds is 7. The Morgan fingerprint density at radius 2 is 1.88 bits per heavy atom. The fourth-order valence-corrected chi connectivity index (χ4v) is 2.42. The van der Waals surface area contributed by atoms with E-state index in [0.717, 1.165) is 5.56 Å². The first-order valence-electron chi connectivity index (χ1n) is 8.03. The van der Waals surface area contributed by atoms with Crippen molar-refractivity contribution in [3.05, 3.63) is 71.9 Å². The van der Waals surface area contributed by atoms with E-state index in [1.54, 1.807) is 19.2 Å².